The standard InChI is InChI=1S/C10H13N3OS/c1-15-6-4-7(11)10-13-9-8(14-10)3-2-5-12-9/h2-3,5,7H,4,6,11H2,1H3. The first kappa shape index (κ1) is 10.4. The number of aromatic nitrogens is 2. The number of nitrogens with two attached hydrogens (primary N) is 1. The third-order valence-electron chi connectivity index (χ3n) is 2.13. The summed E-state index contributed by atoms with van der Waals surface area (Å²) in [4.78, 5) is 8.35. The van der Waals surface area contributed by atoms with Crippen LogP contribution >= 0.6 is 11.8 Å². The van der Waals surface area contributed by atoms with Crippen molar-refractivity contribution < 1.29 is 4.42 Å². The highest BCUT2D eigenvalue weighted by atomic mass is 32.2. The van der Waals surface area contributed by atoms with Crippen molar-refractivity contribution in [2.75, 3.05) is 12.0 Å². The van der Waals surface area contributed by atoms with E-state index in [1.54, 1.807) is 18.0 Å². The Balaban J connectivity index is 2.20. The average molecular weight is 223 g/mol. The Labute approximate surface area is 92.3 Å². The summed E-state index contributed by atoms with van der Waals surface area (Å²) in [5.74, 6) is 1.59. The molecule has 80 valence electrons. The van der Waals surface area contributed by atoms with Gasteiger partial charge in [0.2, 0.25) is 5.89 Å². The predicted octanol–water partition coefficient (Wildman–Crippen LogP) is 1.98. The molecule has 0 amide bonds. The van der Waals surface area contributed by atoms with Crippen LogP contribution in [-0.2, 0) is 0 Å². The average Bonchev–Trinajstić information content (AvgIpc) is 2.69. The van der Waals surface area contributed by atoms with Gasteiger partial charge in [0.05, 0.1) is 6.04 Å². The van der Waals surface area contributed by atoms with Crippen LogP contribution < -0.4 is 5.73 Å². The van der Waals surface area contributed by atoms with Crippen molar-refractivity contribution in [1.29, 1.82) is 0 Å². The van der Waals surface area contributed by atoms with E-state index >= 15 is 0 Å². The van der Waals surface area contributed by atoms with Crippen LogP contribution in [0.5, 0.6) is 0 Å². The maximum atomic E-state index is 5.95. The van der Waals surface area contributed by atoms with Gasteiger partial charge in [-0.2, -0.15) is 16.7 Å². The summed E-state index contributed by atoms with van der Waals surface area (Å²) >= 11 is 1.77. The SMILES string of the molecule is CSCCC(N)c1nc2ncccc2o1. The fourth-order valence-electron chi connectivity index (χ4n) is 1.31. The molecule has 0 aliphatic carbocycles. The summed E-state index contributed by atoms with van der Waals surface area (Å²) in [7, 11) is 0. The van der Waals surface area contributed by atoms with Crippen molar-refractivity contribution in [2.45, 2.75) is 12.5 Å². The molecule has 2 aromatic rings. The van der Waals surface area contributed by atoms with Gasteiger partial charge in [0, 0.05) is 6.20 Å². The number of fused-ring (bicyclic) bond motifs is 1. The lowest BCUT2D eigenvalue weighted by Gasteiger charge is -2.04. The van der Waals surface area contributed by atoms with Crippen molar-refractivity contribution in [3.8, 4) is 0 Å². The minimum atomic E-state index is -0.133. The fraction of sp³-hybridized carbons (Fsp3) is 0.400. The molecule has 2 heterocycles. The Bertz CT molecular complexity index is 410. The van der Waals surface area contributed by atoms with E-state index < -0.39 is 0 Å². The summed E-state index contributed by atoms with van der Waals surface area (Å²) in [5, 5.41) is 0. The molecule has 0 radical (unpaired) electrons. The molecule has 2 N–H and O–H groups in total. The van der Waals surface area contributed by atoms with Crippen LogP contribution in [0.4, 0.5) is 0 Å². The second kappa shape index (κ2) is 4.63. The van der Waals surface area contributed by atoms with E-state index in [1.807, 2.05) is 12.1 Å². The Hall–Kier alpha value is -1.07. The van der Waals surface area contributed by atoms with Gasteiger partial charge in [-0.15, -0.1) is 0 Å². The molecular weight excluding hydrogens is 210 g/mol. The summed E-state index contributed by atoms with van der Waals surface area (Å²) in [6.07, 6.45) is 4.62. The molecule has 2 rings (SSSR count). The monoisotopic (exact) mass is 223 g/mol. The largest absolute Gasteiger partial charge is 0.437 e. The quantitative estimate of drug-likeness (QED) is 0.858. The summed E-state index contributed by atoms with van der Waals surface area (Å²) in [6.45, 7) is 0. The van der Waals surface area contributed by atoms with Gasteiger partial charge in [-0.1, -0.05) is 0 Å². The molecule has 0 aliphatic heterocycles. The van der Waals surface area contributed by atoms with Gasteiger partial charge in [0.15, 0.2) is 11.2 Å². The summed E-state index contributed by atoms with van der Waals surface area (Å²) in [6, 6.07) is 3.54. The number of pyridine rings is 1. The van der Waals surface area contributed by atoms with Gasteiger partial charge >= 0.3 is 0 Å². The highest BCUT2D eigenvalue weighted by Crippen LogP contribution is 2.19. The lowest BCUT2D eigenvalue weighted by atomic mass is 10.2. The molecule has 4 nitrogen and oxygen atoms in total. The summed E-state index contributed by atoms with van der Waals surface area (Å²) < 4.78 is 5.52. The van der Waals surface area contributed by atoms with Gasteiger partial charge in [0.25, 0.3) is 0 Å². The number of hydrogen-bond acceptors (Lipinski definition) is 5. The second-order valence-electron chi connectivity index (χ2n) is 3.27. The molecule has 15 heavy (non-hydrogen) atoms. The minimum Gasteiger partial charge on any atom is -0.437 e. The van der Waals surface area contributed by atoms with E-state index in [0.29, 0.717) is 17.1 Å². The Morgan fingerprint density at radius 2 is 2.47 bits per heavy atom. The predicted molar refractivity (Wildman–Crippen MR) is 61.7 cm³/mol. The van der Waals surface area contributed by atoms with E-state index in [4.69, 9.17) is 10.2 Å². The van der Waals surface area contributed by atoms with Crippen LogP contribution in [0.1, 0.15) is 18.4 Å². The lowest BCUT2D eigenvalue weighted by molar-refractivity contribution is 0.470. The maximum Gasteiger partial charge on any atom is 0.214 e. The van der Waals surface area contributed by atoms with Crippen LogP contribution in [-0.4, -0.2) is 22.0 Å². The van der Waals surface area contributed by atoms with E-state index in [-0.39, 0.29) is 6.04 Å². The molecule has 0 fully saturated rings. The highest BCUT2D eigenvalue weighted by molar-refractivity contribution is 7.98. The number of thioether (sulfide) groups is 1. The van der Waals surface area contributed by atoms with Crippen molar-refractivity contribution in [3.63, 3.8) is 0 Å². The van der Waals surface area contributed by atoms with Crippen molar-refractivity contribution in [2.24, 2.45) is 5.73 Å². The molecule has 0 bridgehead atoms. The summed E-state index contributed by atoms with van der Waals surface area (Å²) in [5.41, 5.74) is 7.28. The molecule has 1 atom stereocenters. The van der Waals surface area contributed by atoms with Gasteiger partial charge in [0.1, 0.15) is 0 Å². The Kier molecular flexibility index (Phi) is 3.23. The molecule has 0 spiro atoms. The maximum absolute atomic E-state index is 5.95. The minimum absolute atomic E-state index is 0.133. The van der Waals surface area contributed by atoms with E-state index in [9.17, 15) is 0 Å². The zero-order valence-electron chi connectivity index (χ0n) is 8.51. The van der Waals surface area contributed by atoms with Gasteiger partial charge in [-0.3, -0.25) is 0 Å². The molecule has 0 saturated carbocycles. The third-order valence-corrected chi connectivity index (χ3v) is 2.78. The first-order valence-corrected chi connectivity index (χ1v) is 6.16. The molecule has 1 unspecified atom stereocenters. The van der Waals surface area contributed by atoms with Crippen LogP contribution in [0, 0.1) is 0 Å². The molecular formula is C10H13N3OS. The normalized spacial score (nSPS) is 13.2. The third kappa shape index (κ3) is 2.30. The van der Waals surface area contributed by atoms with E-state index in [2.05, 4.69) is 16.2 Å². The van der Waals surface area contributed by atoms with Crippen molar-refractivity contribution in [1.82, 2.24) is 9.97 Å². The van der Waals surface area contributed by atoms with Gasteiger partial charge < -0.3 is 10.2 Å². The highest BCUT2D eigenvalue weighted by Gasteiger charge is 2.13. The molecule has 5 heteroatoms. The fourth-order valence-corrected chi connectivity index (χ4v) is 1.80. The van der Waals surface area contributed by atoms with Crippen LogP contribution in [0.2, 0.25) is 0 Å². The molecule has 0 saturated heterocycles. The topological polar surface area (TPSA) is 64.9 Å². The number of nitrogens with zero attached hydrogens (tertiary/aromatic N) is 2. The van der Waals surface area contributed by atoms with E-state index in [0.717, 1.165) is 12.2 Å². The number of oxazole rings is 1. The van der Waals surface area contributed by atoms with Crippen LogP contribution in [0.25, 0.3) is 11.2 Å². The Morgan fingerprint density at radius 3 is 3.20 bits per heavy atom. The van der Waals surface area contributed by atoms with Crippen LogP contribution in [0.3, 0.4) is 0 Å². The molecule has 2 aromatic heterocycles. The van der Waals surface area contributed by atoms with Crippen molar-refractivity contribution >= 4 is 23.0 Å². The Morgan fingerprint density at radius 1 is 1.60 bits per heavy atom. The van der Waals surface area contributed by atoms with Gasteiger partial charge in [-0.05, 0) is 30.6 Å². The zero-order valence-corrected chi connectivity index (χ0v) is 9.33. The molecule has 0 aliphatic rings. The first-order valence-electron chi connectivity index (χ1n) is 4.77. The van der Waals surface area contributed by atoms with Crippen LogP contribution in [0.15, 0.2) is 22.7 Å². The first-order chi connectivity index (χ1) is 7.31. The number of rotatable bonds is 4. The molecule has 0 aromatic carbocycles. The van der Waals surface area contributed by atoms with Gasteiger partial charge in [-0.25, -0.2) is 4.98 Å². The number of hydrogen-bond donors (Lipinski definition) is 1. The zero-order chi connectivity index (χ0) is 10.7. The second-order valence-corrected chi connectivity index (χ2v) is 4.25. The van der Waals surface area contributed by atoms with E-state index in [1.165, 1.54) is 0 Å². The van der Waals surface area contributed by atoms with Crippen molar-refractivity contribution in [3.05, 3.63) is 24.2 Å². The smallest absolute Gasteiger partial charge is 0.214 e. The lowest BCUT2D eigenvalue weighted by Crippen LogP contribution is -2.11.